The Morgan fingerprint density at radius 2 is 2.11 bits per heavy atom. The second kappa shape index (κ2) is 5.78. The molecule has 1 saturated carbocycles. The molecule has 1 aliphatic carbocycles. The van der Waals surface area contributed by atoms with Crippen molar-refractivity contribution in [2.24, 2.45) is 11.3 Å². The molecule has 0 N–H and O–H groups in total. The van der Waals surface area contributed by atoms with E-state index in [9.17, 15) is 4.79 Å². The van der Waals surface area contributed by atoms with Crippen molar-refractivity contribution < 1.29 is 4.79 Å². The third kappa shape index (κ3) is 3.28. The van der Waals surface area contributed by atoms with Crippen molar-refractivity contribution >= 4 is 21.7 Å². The van der Waals surface area contributed by atoms with Crippen molar-refractivity contribution in [1.82, 2.24) is 9.78 Å². The summed E-state index contributed by atoms with van der Waals surface area (Å²) >= 11 is 3.47. The van der Waals surface area contributed by atoms with E-state index < -0.39 is 0 Å². The molecule has 1 fully saturated rings. The van der Waals surface area contributed by atoms with Gasteiger partial charge in [-0.15, -0.1) is 0 Å². The lowest BCUT2D eigenvalue weighted by Crippen LogP contribution is -2.28. The molecular formula is C15H23BrN2O. The fourth-order valence-corrected chi connectivity index (χ4v) is 3.34. The number of hydrogen-bond acceptors (Lipinski definition) is 2. The molecule has 1 aromatic rings. The molecule has 0 atom stereocenters. The normalized spacial score (nSPS) is 19.6. The zero-order valence-corrected chi connectivity index (χ0v) is 13.7. The molecule has 2 rings (SSSR count). The maximum atomic E-state index is 12.7. The summed E-state index contributed by atoms with van der Waals surface area (Å²) in [5, 5.41) is 4.30. The molecule has 0 radical (unpaired) electrons. The molecule has 19 heavy (non-hydrogen) atoms. The highest BCUT2D eigenvalue weighted by molar-refractivity contribution is 9.10. The number of carbonyl (C=O) groups excluding carboxylic acids is 1. The van der Waals surface area contributed by atoms with Gasteiger partial charge in [0.2, 0.25) is 0 Å². The second-order valence-electron chi connectivity index (χ2n) is 6.37. The Labute approximate surface area is 123 Å². The van der Waals surface area contributed by atoms with Crippen LogP contribution in [0.15, 0.2) is 10.7 Å². The molecule has 3 nitrogen and oxygen atoms in total. The van der Waals surface area contributed by atoms with Crippen LogP contribution in [0, 0.1) is 11.3 Å². The number of nitrogens with zero attached hydrogens (tertiary/aromatic N) is 2. The summed E-state index contributed by atoms with van der Waals surface area (Å²) < 4.78 is 2.70. The van der Waals surface area contributed by atoms with Crippen molar-refractivity contribution in [3.8, 4) is 0 Å². The average Bonchev–Trinajstić information content (AvgIpc) is 2.70. The predicted octanol–water partition coefficient (Wildman–Crippen LogP) is 4.45. The van der Waals surface area contributed by atoms with Crippen LogP contribution in [0.1, 0.15) is 63.4 Å². The van der Waals surface area contributed by atoms with Crippen LogP contribution in [-0.4, -0.2) is 15.6 Å². The summed E-state index contributed by atoms with van der Waals surface area (Å²) in [7, 11) is 0. The number of aryl methyl sites for hydroxylation is 1. The fraction of sp³-hybridized carbons (Fsp3) is 0.733. The minimum atomic E-state index is 0.177. The summed E-state index contributed by atoms with van der Waals surface area (Å²) in [6, 6.07) is 0. The van der Waals surface area contributed by atoms with E-state index in [1.165, 1.54) is 0 Å². The summed E-state index contributed by atoms with van der Waals surface area (Å²) in [4.78, 5) is 12.7. The van der Waals surface area contributed by atoms with E-state index in [1.807, 2.05) is 4.68 Å². The molecule has 1 heterocycles. The first kappa shape index (κ1) is 14.8. The molecule has 0 aromatic carbocycles. The van der Waals surface area contributed by atoms with Crippen LogP contribution in [0.5, 0.6) is 0 Å². The minimum Gasteiger partial charge on any atom is -0.292 e. The number of aromatic nitrogens is 2. The smallest absolute Gasteiger partial charge is 0.185 e. The van der Waals surface area contributed by atoms with E-state index in [0.29, 0.717) is 5.41 Å². The average molecular weight is 327 g/mol. The van der Waals surface area contributed by atoms with Crippen LogP contribution >= 0.6 is 15.9 Å². The predicted molar refractivity (Wildman–Crippen MR) is 80.3 cm³/mol. The molecule has 0 saturated heterocycles. The number of carbonyl (C=O) groups is 1. The van der Waals surface area contributed by atoms with Crippen LogP contribution in [0.4, 0.5) is 0 Å². The molecule has 0 amide bonds. The van der Waals surface area contributed by atoms with Crippen molar-refractivity contribution in [2.45, 2.75) is 59.4 Å². The van der Waals surface area contributed by atoms with E-state index >= 15 is 0 Å². The minimum absolute atomic E-state index is 0.177. The molecule has 1 aliphatic rings. The Balaban J connectivity index is 2.14. The van der Waals surface area contributed by atoms with Gasteiger partial charge in [-0.1, -0.05) is 20.8 Å². The van der Waals surface area contributed by atoms with E-state index in [0.717, 1.165) is 48.8 Å². The highest BCUT2D eigenvalue weighted by Gasteiger charge is 2.33. The number of Topliss-reactive ketones (excluding diaryl/α,β-unsaturated/α-hetero) is 1. The Hall–Kier alpha value is -0.640. The van der Waals surface area contributed by atoms with Crippen LogP contribution in [0.2, 0.25) is 0 Å². The lowest BCUT2D eigenvalue weighted by molar-refractivity contribution is 0.0825. The molecular weight excluding hydrogens is 304 g/mol. The second-order valence-corrected chi connectivity index (χ2v) is 7.22. The number of hydrogen-bond donors (Lipinski definition) is 0. The number of ketones is 1. The molecule has 0 unspecified atom stereocenters. The Kier molecular flexibility index (Phi) is 4.49. The van der Waals surface area contributed by atoms with Gasteiger partial charge >= 0.3 is 0 Å². The van der Waals surface area contributed by atoms with Gasteiger partial charge in [-0.2, -0.15) is 5.10 Å². The maximum absolute atomic E-state index is 12.7. The molecule has 0 bridgehead atoms. The largest absolute Gasteiger partial charge is 0.292 e. The number of rotatable bonds is 4. The van der Waals surface area contributed by atoms with Crippen molar-refractivity contribution in [2.75, 3.05) is 0 Å². The van der Waals surface area contributed by atoms with Gasteiger partial charge in [-0.25, -0.2) is 0 Å². The monoisotopic (exact) mass is 326 g/mol. The van der Waals surface area contributed by atoms with Crippen molar-refractivity contribution in [3.05, 3.63) is 16.4 Å². The van der Waals surface area contributed by atoms with Gasteiger partial charge in [0.25, 0.3) is 0 Å². The van der Waals surface area contributed by atoms with Gasteiger partial charge in [0.15, 0.2) is 5.78 Å². The van der Waals surface area contributed by atoms with Gasteiger partial charge in [0.1, 0.15) is 5.69 Å². The lowest BCUT2D eigenvalue weighted by Gasteiger charge is -2.33. The zero-order chi connectivity index (χ0) is 14.0. The van der Waals surface area contributed by atoms with Gasteiger partial charge in [0, 0.05) is 12.5 Å². The van der Waals surface area contributed by atoms with Gasteiger partial charge < -0.3 is 0 Å². The molecule has 0 aliphatic heterocycles. The quantitative estimate of drug-likeness (QED) is 0.766. The number of halogens is 1. The summed E-state index contributed by atoms with van der Waals surface area (Å²) in [5.41, 5.74) is 1.17. The van der Waals surface area contributed by atoms with Crippen LogP contribution in [0.3, 0.4) is 0 Å². The van der Waals surface area contributed by atoms with Gasteiger partial charge in [-0.05, 0) is 53.4 Å². The van der Waals surface area contributed by atoms with Crippen molar-refractivity contribution in [3.63, 3.8) is 0 Å². The molecule has 0 spiro atoms. The van der Waals surface area contributed by atoms with Gasteiger partial charge in [0.05, 0.1) is 10.7 Å². The molecule has 4 heteroatoms. The zero-order valence-electron chi connectivity index (χ0n) is 12.1. The van der Waals surface area contributed by atoms with E-state index in [4.69, 9.17) is 0 Å². The third-order valence-corrected chi connectivity index (χ3v) is 4.75. The Morgan fingerprint density at radius 1 is 1.47 bits per heavy atom. The van der Waals surface area contributed by atoms with Crippen LogP contribution in [-0.2, 0) is 6.54 Å². The topological polar surface area (TPSA) is 34.9 Å². The summed E-state index contributed by atoms with van der Waals surface area (Å²) in [6.45, 7) is 7.51. The first-order valence-corrected chi connectivity index (χ1v) is 7.99. The van der Waals surface area contributed by atoms with E-state index in [2.05, 4.69) is 41.8 Å². The van der Waals surface area contributed by atoms with Gasteiger partial charge in [-0.3, -0.25) is 9.48 Å². The third-order valence-electron chi connectivity index (χ3n) is 4.17. The van der Waals surface area contributed by atoms with E-state index in [-0.39, 0.29) is 11.7 Å². The standard InChI is InChI=1S/C15H23BrN2O/c1-4-9-18-13(12(16)10-17-18)14(19)11-5-7-15(2,3)8-6-11/h10-11H,4-9H2,1-3H3. The molecule has 1 aromatic heterocycles. The van der Waals surface area contributed by atoms with E-state index in [1.54, 1.807) is 6.20 Å². The first-order valence-electron chi connectivity index (χ1n) is 7.20. The fourth-order valence-electron chi connectivity index (χ4n) is 2.84. The van der Waals surface area contributed by atoms with Crippen molar-refractivity contribution in [1.29, 1.82) is 0 Å². The van der Waals surface area contributed by atoms with Crippen LogP contribution < -0.4 is 0 Å². The Bertz CT molecular complexity index is 455. The van der Waals surface area contributed by atoms with Crippen LogP contribution in [0.25, 0.3) is 0 Å². The molecule has 106 valence electrons. The Morgan fingerprint density at radius 3 is 2.68 bits per heavy atom. The SMILES string of the molecule is CCCn1ncc(Br)c1C(=O)C1CCC(C)(C)CC1. The highest BCUT2D eigenvalue weighted by atomic mass is 79.9. The highest BCUT2D eigenvalue weighted by Crippen LogP contribution is 2.39. The summed E-state index contributed by atoms with van der Waals surface area (Å²) in [5.74, 6) is 0.449. The lowest BCUT2D eigenvalue weighted by atomic mass is 9.72. The summed E-state index contributed by atoms with van der Waals surface area (Å²) in [6.07, 6.45) is 7.04. The maximum Gasteiger partial charge on any atom is 0.185 e. The first-order chi connectivity index (χ1) is 8.94.